The molecule has 2 unspecified atom stereocenters. The summed E-state index contributed by atoms with van der Waals surface area (Å²) >= 11 is 0. The van der Waals surface area contributed by atoms with Gasteiger partial charge in [-0.05, 0) is 51.2 Å². The van der Waals surface area contributed by atoms with Crippen LogP contribution in [0.4, 0.5) is 0 Å². The van der Waals surface area contributed by atoms with E-state index in [0.717, 1.165) is 42.4 Å². The average molecular weight is 301 g/mol. The van der Waals surface area contributed by atoms with Crippen molar-refractivity contribution in [2.45, 2.75) is 58.5 Å². The van der Waals surface area contributed by atoms with E-state index in [1.165, 1.54) is 12.0 Å². The zero-order valence-electron chi connectivity index (χ0n) is 14.0. The van der Waals surface area contributed by atoms with E-state index in [1.54, 1.807) is 0 Å². The van der Waals surface area contributed by atoms with Crippen LogP contribution in [-0.2, 0) is 0 Å². The second kappa shape index (κ2) is 5.69. The molecule has 1 aromatic rings. The van der Waals surface area contributed by atoms with E-state index in [-0.39, 0.29) is 11.8 Å². The summed E-state index contributed by atoms with van der Waals surface area (Å²) in [5.41, 5.74) is 3.66. The monoisotopic (exact) mass is 301 g/mol. The molecule has 2 fully saturated rings. The lowest BCUT2D eigenvalue weighted by molar-refractivity contribution is -0.0886. The van der Waals surface area contributed by atoms with Gasteiger partial charge in [0, 0.05) is 24.6 Å². The van der Waals surface area contributed by atoms with Gasteiger partial charge in [-0.25, -0.2) is 0 Å². The van der Waals surface area contributed by atoms with Crippen LogP contribution in [0.2, 0.25) is 0 Å². The summed E-state index contributed by atoms with van der Waals surface area (Å²) in [6.45, 7) is 7.50. The van der Waals surface area contributed by atoms with Gasteiger partial charge in [0.15, 0.2) is 0 Å². The van der Waals surface area contributed by atoms with Crippen molar-refractivity contribution in [3.8, 4) is 0 Å². The molecule has 3 heteroatoms. The number of fused-ring (bicyclic) bond motifs is 1. The van der Waals surface area contributed by atoms with Gasteiger partial charge in [-0.15, -0.1) is 0 Å². The highest BCUT2D eigenvalue weighted by molar-refractivity contribution is 5.97. The van der Waals surface area contributed by atoms with E-state index in [2.05, 4.69) is 19.1 Å². The first-order valence-electron chi connectivity index (χ1n) is 8.50. The first kappa shape index (κ1) is 15.5. The van der Waals surface area contributed by atoms with Crippen LogP contribution in [0, 0.1) is 26.7 Å². The number of hydrogen-bond donors (Lipinski definition) is 1. The second-order valence-corrected chi connectivity index (χ2v) is 7.32. The molecule has 1 N–H and O–H groups in total. The van der Waals surface area contributed by atoms with Gasteiger partial charge in [0.2, 0.25) is 0 Å². The minimum Gasteiger partial charge on any atom is -0.389 e. The molecule has 0 radical (unpaired) electrons. The van der Waals surface area contributed by atoms with E-state index in [9.17, 15) is 9.90 Å². The van der Waals surface area contributed by atoms with Gasteiger partial charge < -0.3 is 10.0 Å². The molecule has 2 aliphatic rings. The van der Waals surface area contributed by atoms with Crippen molar-refractivity contribution in [2.75, 3.05) is 13.1 Å². The number of amides is 1. The molecule has 1 saturated carbocycles. The minimum absolute atomic E-state index is 0.141. The summed E-state index contributed by atoms with van der Waals surface area (Å²) in [4.78, 5) is 14.9. The summed E-state index contributed by atoms with van der Waals surface area (Å²) in [6, 6.07) is 4.17. The molecule has 1 heterocycles. The predicted molar refractivity (Wildman–Crippen MR) is 88.1 cm³/mol. The molecule has 0 spiro atoms. The third-order valence-electron chi connectivity index (χ3n) is 5.61. The minimum atomic E-state index is -0.521. The molecular formula is C19H27NO2. The topological polar surface area (TPSA) is 40.5 Å². The van der Waals surface area contributed by atoms with Crippen molar-refractivity contribution >= 4 is 5.91 Å². The lowest BCUT2D eigenvalue weighted by atomic mass is 9.71. The van der Waals surface area contributed by atoms with Gasteiger partial charge in [-0.3, -0.25) is 4.79 Å². The number of nitrogens with zero attached hydrogens (tertiary/aromatic N) is 1. The maximum absolute atomic E-state index is 13.0. The predicted octanol–water partition coefficient (Wildman–Crippen LogP) is 3.38. The Bertz CT molecular complexity index is 572. The molecular weight excluding hydrogens is 274 g/mol. The number of carbonyl (C=O) groups excluding carboxylic acids is 1. The van der Waals surface area contributed by atoms with Crippen LogP contribution in [0.25, 0.3) is 0 Å². The molecule has 1 aliphatic heterocycles. The van der Waals surface area contributed by atoms with Gasteiger partial charge >= 0.3 is 0 Å². The highest BCUT2D eigenvalue weighted by Gasteiger charge is 2.44. The molecule has 2 atom stereocenters. The van der Waals surface area contributed by atoms with Crippen LogP contribution in [0.1, 0.15) is 59.2 Å². The highest BCUT2D eigenvalue weighted by Crippen LogP contribution is 2.40. The Kier molecular flexibility index (Phi) is 4.02. The Labute approximate surface area is 133 Å². The second-order valence-electron chi connectivity index (χ2n) is 7.32. The van der Waals surface area contributed by atoms with Crippen LogP contribution < -0.4 is 0 Å². The van der Waals surface area contributed by atoms with Gasteiger partial charge in [0.05, 0.1) is 5.60 Å². The van der Waals surface area contributed by atoms with Crippen molar-refractivity contribution in [3.05, 3.63) is 34.4 Å². The Hall–Kier alpha value is -1.35. The number of hydrogen-bond acceptors (Lipinski definition) is 2. The maximum atomic E-state index is 13.0. The summed E-state index contributed by atoms with van der Waals surface area (Å²) in [6.07, 6.45) is 4.98. The van der Waals surface area contributed by atoms with Crippen molar-refractivity contribution in [1.82, 2.24) is 4.90 Å². The standard InChI is InChI=1S/C19H27NO2/c1-13-10-14(2)17(15(3)11-13)18(21)20-9-8-19(22)7-5-4-6-16(19)12-20/h10-11,16,22H,4-9,12H2,1-3H3. The summed E-state index contributed by atoms with van der Waals surface area (Å²) in [5.74, 6) is 0.396. The Balaban J connectivity index is 1.82. The zero-order valence-corrected chi connectivity index (χ0v) is 14.0. The van der Waals surface area contributed by atoms with Crippen LogP contribution >= 0.6 is 0 Å². The van der Waals surface area contributed by atoms with Crippen LogP contribution in [0.5, 0.6) is 0 Å². The SMILES string of the molecule is Cc1cc(C)c(C(=O)N2CCC3(O)CCCCC3C2)c(C)c1. The van der Waals surface area contributed by atoms with Crippen molar-refractivity contribution in [3.63, 3.8) is 0 Å². The van der Waals surface area contributed by atoms with E-state index in [1.807, 2.05) is 18.7 Å². The third kappa shape index (κ3) is 2.67. The quantitative estimate of drug-likeness (QED) is 0.864. The molecule has 0 aromatic heterocycles. The van der Waals surface area contributed by atoms with E-state index in [0.29, 0.717) is 13.1 Å². The molecule has 22 heavy (non-hydrogen) atoms. The Morgan fingerprint density at radius 3 is 2.55 bits per heavy atom. The molecule has 0 bridgehead atoms. The first-order valence-corrected chi connectivity index (χ1v) is 8.50. The first-order chi connectivity index (χ1) is 10.4. The van der Waals surface area contributed by atoms with Crippen LogP contribution in [0.15, 0.2) is 12.1 Å². The summed E-state index contributed by atoms with van der Waals surface area (Å²) in [5, 5.41) is 10.8. The van der Waals surface area contributed by atoms with Gasteiger partial charge in [-0.2, -0.15) is 0 Å². The molecule has 3 rings (SSSR count). The fraction of sp³-hybridized carbons (Fsp3) is 0.632. The lowest BCUT2D eigenvalue weighted by Crippen LogP contribution is -2.54. The Morgan fingerprint density at radius 2 is 1.86 bits per heavy atom. The molecule has 1 aromatic carbocycles. The molecule has 3 nitrogen and oxygen atoms in total. The van der Waals surface area contributed by atoms with Crippen LogP contribution in [0.3, 0.4) is 0 Å². The molecule has 1 saturated heterocycles. The number of piperidine rings is 1. The summed E-state index contributed by atoms with van der Waals surface area (Å²) < 4.78 is 0. The van der Waals surface area contributed by atoms with Gasteiger partial charge in [-0.1, -0.05) is 30.5 Å². The van der Waals surface area contributed by atoms with Gasteiger partial charge in [0.1, 0.15) is 0 Å². The lowest BCUT2D eigenvalue weighted by Gasteiger charge is -2.47. The fourth-order valence-corrected chi connectivity index (χ4v) is 4.43. The molecule has 1 aliphatic carbocycles. The van der Waals surface area contributed by atoms with Crippen LogP contribution in [-0.4, -0.2) is 34.6 Å². The zero-order chi connectivity index (χ0) is 15.9. The molecule has 120 valence electrons. The molecule has 1 amide bonds. The van der Waals surface area contributed by atoms with Gasteiger partial charge in [0.25, 0.3) is 5.91 Å². The number of benzene rings is 1. The average Bonchev–Trinajstić information content (AvgIpc) is 2.45. The normalized spacial score (nSPS) is 28.4. The number of rotatable bonds is 1. The maximum Gasteiger partial charge on any atom is 0.254 e. The highest BCUT2D eigenvalue weighted by atomic mass is 16.3. The third-order valence-corrected chi connectivity index (χ3v) is 5.61. The largest absolute Gasteiger partial charge is 0.389 e. The van der Waals surface area contributed by atoms with Crippen molar-refractivity contribution < 1.29 is 9.90 Å². The smallest absolute Gasteiger partial charge is 0.254 e. The van der Waals surface area contributed by atoms with Crippen molar-refractivity contribution in [2.24, 2.45) is 5.92 Å². The van der Waals surface area contributed by atoms with E-state index < -0.39 is 5.60 Å². The van der Waals surface area contributed by atoms with E-state index >= 15 is 0 Å². The van der Waals surface area contributed by atoms with Crippen molar-refractivity contribution in [1.29, 1.82) is 0 Å². The number of aliphatic hydroxyl groups is 1. The Morgan fingerprint density at radius 1 is 1.18 bits per heavy atom. The number of aryl methyl sites for hydroxylation is 3. The number of likely N-dealkylation sites (tertiary alicyclic amines) is 1. The fourth-order valence-electron chi connectivity index (χ4n) is 4.43. The number of carbonyl (C=O) groups is 1. The van der Waals surface area contributed by atoms with E-state index in [4.69, 9.17) is 0 Å². The summed E-state index contributed by atoms with van der Waals surface area (Å²) in [7, 11) is 0.